The van der Waals surface area contributed by atoms with Gasteiger partial charge in [-0.2, -0.15) is 0 Å². The molecule has 0 aliphatic rings. The standard InChI is InChI=1S/C16H18N2O2S/c1-11-6-8-14(9-7-11)21(20)15-5-3-4-13(10-15)18-16(19)12(2)17/h3-10,12H,17H2,1-2H3,(H,18,19). The zero-order chi connectivity index (χ0) is 15.4. The van der Waals surface area contributed by atoms with E-state index in [4.69, 9.17) is 5.73 Å². The highest BCUT2D eigenvalue weighted by Crippen LogP contribution is 2.23. The molecular formula is C16H18N2O2S. The number of hydrogen-bond acceptors (Lipinski definition) is 3. The molecule has 0 fully saturated rings. The number of rotatable bonds is 4. The Morgan fingerprint density at radius 1 is 1.19 bits per heavy atom. The first-order valence-electron chi connectivity index (χ1n) is 6.62. The molecule has 0 bridgehead atoms. The van der Waals surface area contributed by atoms with Crippen molar-refractivity contribution in [1.29, 1.82) is 0 Å². The van der Waals surface area contributed by atoms with Crippen LogP contribution in [0.4, 0.5) is 5.69 Å². The topological polar surface area (TPSA) is 78.2 Å². The Hall–Kier alpha value is -1.82. The molecule has 5 heteroatoms. The molecular weight excluding hydrogens is 284 g/mol. The van der Waals surface area contributed by atoms with Crippen molar-refractivity contribution < 1.29 is 9.35 Å². The maximum absolute atomic E-state index is 12.5. The van der Waals surface area contributed by atoms with Crippen LogP contribution >= 0.6 is 0 Å². The summed E-state index contributed by atoms with van der Waals surface area (Å²) >= 11 is -1.27. The monoisotopic (exact) mass is 302 g/mol. The second kappa shape index (κ2) is 6.76. The zero-order valence-electron chi connectivity index (χ0n) is 12.0. The molecule has 2 aromatic carbocycles. The Bertz CT molecular complexity index is 626. The predicted octanol–water partition coefficient (Wildman–Crippen LogP) is 2.45. The van der Waals surface area contributed by atoms with Crippen LogP contribution in [0.5, 0.6) is 0 Å². The first-order chi connectivity index (χ1) is 9.97. The van der Waals surface area contributed by atoms with Gasteiger partial charge in [-0.1, -0.05) is 23.8 Å². The van der Waals surface area contributed by atoms with Crippen molar-refractivity contribution in [2.45, 2.75) is 29.7 Å². The van der Waals surface area contributed by atoms with Gasteiger partial charge in [-0.25, -0.2) is 0 Å². The molecule has 0 aliphatic carbocycles. The number of nitrogens with two attached hydrogens (primary N) is 1. The van der Waals surface area contributed by atoms with Gasteiger partial charge in [-0.05, 0) is 38.1 Å². The minimum Gasteiger partial charge on any atom is -0.606 e. The summed E-state index contributed by atoms with van der Waals surface area (Å²) in [4.78, 5) is 13.0. The lowest BCUT2D eigenvalue weighted by molar-refractivity contribution is -0.117. The van der Waals surface area contributed by atoms with Gasteiger partial charge in [-0.15, -0.1) is 0 Å². The molecule has 0 radical (unpaired) electrons. The van der Waals surface area contributed by atoms with Crippen molar-refractivity contribution in [3.63, 3.8) is 0 Å². The highest BCUT2D eigenvalue weighted by molar-refractivity contribution is 7.91. The SMILES string of the molecule is Cc1ccc([S+]([O-])c2cccc(NC(=O)C(C)N)c2)cc1. The summed E-state index contributed by atoms with van der Waals surface area (Å²) in [7, 11) is 0. The zero-order valence-corrected chi connectivity index (χ0v) is 12.8. The van der Waals surface area contributed by atoms with E-state index in [1.165, 1.54) is 0 Å². The van der Waals surface area contributed by atoms with Gasteiger partial charge >= 0.3 is 0 Å². The van der Waals surface area contributed by atoms with Crippen LogP contribution in [0.15, 0.2) is 58.3 Å². The Kier molecular flexibility index (Phi) is 5.01. The number of nitrogens with one attached hydrogen (secondary N) is 1. The summed E-state index contributed by atoms with van der Waals surface area (Å²) < 4.78 is 12.5. The smallest absolute Gasteiger partial charge is 0.241 e. The molecule has 0 saturated heterocycles. The summed E-state index contributed by atoms with van der Waals surface area (Å²) in [5.74, 6) is -0.270. The summed E-state index contributed by atoms with van der Waals surface area (Å²) in [5, 5.41) is 2.70. The Morgan fingerprint density at radius 3 is 2.48 bits per heavy atom. The fourth-order valence-corrected chi connectivity index (χ4v) is 2.83. The van der Waals surface area contributed by atoms with E-state index in [9.17, 15) is 9.35 Å². The van der Waals surface area contributed by atoms with Crippen LogP contribution in [0.1, 0.15) is 12.5 Å². The molecule has 0 saturated carbocycles. The van der Waals surface area contributed by atoms with Crippen LogP contribution < -0.4 is 11.1 Å². The largest absolute Gasteiger partial charge is 0.606 e. The van der Waals surface area contributed by atoms with Crippen molar-refractivity contribution in [3.05, 3.63) is 54.1 Å². The van der Waals surface area contributed by atoms with Crippen LogP contribution in [-0.2, 0) is 16.0 Å². The fourth-order valence-electron chi connectivity index (χ4n) is 1.74. The number of anilines is 1. The van der Waals surface area contributed by atoms with Crippen LogP contribution in [0.25, 0.3) is 0 Å². The Morgan fingerprint density at radius 2 is 1.86 bits per heavy atom. The third-order valence-corrected chi connectivity index (χ3v) is 4.35. The average Bonchev–Trinajstić information content (AvgIpc) is 2.47. The van der Waals surface area contributed by atoms with Crippen LogP contribution in [-0.4, -0.2) is 16.5 Å². The molecule has 1 amide bonds. The van der Waals surface area contributed by atoms with E-state index < -0.39 is 17.2 Å². The summed E-state index contributed by atoms with van der Waals surface area (Å²) in [6, 6.07) is 13.9. The number of carbonyl (C=O) groups is 1. The molecule has 110 valence electrons. The lowest BCUT2D eigenvalue weighted by Gasteiger charge is -2.12. The van der Waals surface area contributed by atoms with Crippen LogP contribution in [0, 0.1) is 6.92 Å². The Labute approximate surface area is 127 Å². The minimum absolute atomic E-state index is 0.270. The first-order valence-corrected chi connectivity index (χ1v) is 7.77. The van der Waals surface area contributed by atoms with Crippen molar-refractivity contribution in [2.75, 3.05) is 5.32 Å². The number of amides is 1. The molecule has 0 aliphatic heterocycles. The lowest BCUT2D eigenvalue weighted by atomic mass is 10.2. The molecule has 21 heavy (non-hydrogen) atoms. The van der Waals surface area contributed by atoms with Crippen LogP contribution in [0.3, 0.4) is 0 Å². The average molecular weight is 302 g/mol. The number of carbonyl (C=O) groups excluding carboxylic acids is 1. The maximum Gasteiger partial charge on any atom is 0.241 e. The van der Waals surface area contributed by atoms with Crippen molar-refractivity contribution in [2.24, 2.45) is 5.73 Å². The lowest BCUT2D eigenvalue weighted by Crippen LogP contribution is -2.32. The van der Waals surface area contributed by atoms with E-state index in [0.717, 1.165) is 10.5 Å². The van der Waals surface area contributed by atoms with Gasteiger partial charge in [0.2, 0.25) is 5.91 Å². The molecule has 0 heterocycles. The van der Waals surface area contributed by atoms with Gasteiger partial charge in [0.25, 0.3) is 0 Å². The molecule has 2 atom stereocenters. The number of hydrogen-bond donors (Lipinski definition) is 2. The van der Waals surface area contributed by atoms with E-state index in [1.807, 2.05) is 31.2 Å². The minimum atomic E-state index is -1.27. The summed E-state index contributed by atoms with van der Waals surface area (Å²) in [6.45, 7) is 3.60. The number of aryl methyl sites for hydroxylation is 1. The summed E-state index contributed by atoms with van der Waals surface area (Å²) in [5.41, 5.74) is 7.23. The first kappa shape index (κ1) is 15.6. The van der Waals surface area contributed by atoms with Crippen molar-refractivity contribution in [1.82, 2.24) is 0 Å². The van der Waals surface area contributed by atoms with E-state index in [1.54, 1.807) is 31.2 Å². The second-order valence-corrected chi connectivity index (χ2v) is 6.37. The highest BCUT2D eigenvalue weighted by Gasteiger charge is 2.16. The second-order valence-electron chi connectivity index (χ2n) is 4.89. The number of benzene rings is 2. The Balaban J connectivity index is 2.20. The highest BCUT2D eigenvalue weighted by atomic mass is 32.2. The van der Waals surface area contributed by atoms with Gasteiger partial charge in [0, 0.05) is 22.9 Å². The normalized spacial score (nSPS) is 13.5. The van der Waals surface area contributed by atoms with E-state index in [-0.39, 0.29) is 5.91 Å². The quantitative estimate of drug-likeness (QED) is 0.852. The van der Waals surface area contributed by atoms with E-state index in [2.05, 4.69) is 5.32 Å². The van der Waals surface area contributed by atoms with Crippen molar-refractivity contribution >= 4 is 22.8 Å². The van der Waals surface area contributed by atoms with E-state index in [0.29, 0.717) is 10.6 Å². The fraction of sp³-hybridized carbons (Fsp3) is 0.188. The third-order valence-electron chi connectivity index (χ3n) is 2.96. The molecule has 2 rings (SSSR count). The molecule has 3 N–H and O–H groups in total. The van der Waals surface area contributed by atoms with Gasteiger partial charge in [0.05, 0.1) is 6.04 Å². The van der Waals surface area contributed by atoms with Gasteiger partial charge in [0.1, 0.15) is 0 Å². The molecule has 0 aromatic heterocycles. The molecule has 0 spiro atoms. The van der Waals surface area contributed by atoms with Gasteiger partial charge in [0.15, 0.2) is 9.79 Å². The predicted molar refractivity (Wildman–Crippen MR) is 84.6 cm³/mol. The van der Waals surface area contributed by atoms with Gasteiger partial charge < -0.3 is 15.6 Å². The molecule has 2 unspecified atom stereocenters. The van der Waals surface area contributed by atoms with E-state index >= 15 is 0 Å². The van der Waals surface area contributed by atoms with Crippen molar-refractivity contribution in [3.8, 4) is 0 Å². The maximum atomic E-state index is 12.5. The van der Waals surface area contributed by atoms with Crippen LogP contribution in [0.2, 0.25) is 0 Å². The van der Waals surface area contributed by atoms with Gasteiger partial charge in [-0.3, -0.25) is 4.79 Å². The summed E-state index contributed by atoms with van der Waals surface area (Å²) in [6.07, 6.45) is 0. The molecule has 4 nitrogen and oxygen atoms in total. The molecule has 2 aromatic rings. The third kappa shape index (κ3) is 4.07.